The Morgan fingerprint density at radius 1 is 1.50 bits per heavy atom. The molecule has 1 unspecified atom stereocenters. The fraction of sp³-hybridized carbons (Fsp3) is 0.818. The molecule has 1 aromatic heterocycles. The summed E-state index contributed by atoms with van der Waals surface area (Å²) >= 11 is 3.52. The molecule has 1 heterocycles. The van der Waals surface area contributed by atoms with Gasteiger partial charge in [-0.1, -0.05) is 36.7 Å². The molecule has 0 saturated carbocycles. The summed E-state index contributed by atoms with van der Waals surface area (Å²) in [6.45, 7) is 8.31. The highest BCUT2D eigenvalue weighted by Crippen LogP contribution is 2.06. The largest absolute Gasteiger partial charge is 0.306 e. The molecular formula is C11H21BrN4. The first kappa shape index (κ1) is 13.6. The molecule has 0 amide bonds. The van der Waals surface area contributed by atoms with Crippen molar-refractivity contribution in [2.75, 3.05) is 5.33 Å². The summed E-state index contributed by atoms with van der Waals surface area (Å²) in [7, 11) is 0. The van der Waals surface area contributed by atoms with Crippen LogP contribution >= 0.6 is 15.9 Å². The average Bonchev–Trinajstić information content (AvgIpc) is 2.67. The molecule has 0 aliphatic heterocycles. The van der Waals surface area contributed by atoms with Crippen molar-refractivity contribution in [3.63, 3.8) is 0 Å². The maximum absolute atomic E-state index is 4.27. The molecule has 4 nitrogen and oxygen atoms in total. The molecule has 92 valence electrons. The van der Waals surface area contributed by atoms with Crippen molar-refractivity contribution in [2.24, 2.45) is 5.92 Å². The molecule has 0 fully saturated rings. The van der Waals surface area contributed by atoms with E-state index >= 15 is 0 Å². The number of aryl methyl sites for hydroxylation is 1. The van der Waals surface area contributed by atoms with Crippen LogP contribution in [0.3, 0.4) is 0 Å². The molecule has 0 aliphatic rings. The highest BCUT2D eigenvalue weighted by Gasteiger charge is 2.12. The van der Waals surface area contributed by atoms with Gasteiger partial charge in [-0.3, -0.25) is 0 Å². The Labute approximate surface area is 106 Å². The van der Waals surface area contributed by atoms with Crippen molar-refractivity contribution in [2.45, 2.75) is 46.3 Å². The van der Waals surface area contributed by atoms with E-state index in [1.165, 1.54) is 0 Å². The Balaban J connectivity index is 2.49. The van der Waals surface area contributed by atoms with E-state index < -0.39 is 0 Å². The molecule has 0 saturated heterocycles. The van der Waals surface area contributed by atoms with Gasteiger partial charge in [-0.05, 0) is 12.3 Å². The van der Waals surface area contributed by atoms with E-state index in [1.807, 2.05) is 4.68 Å². The number of nitrogens with zero attached hydrogens (tertiary/aromatic N) is 3. The zero-order chi connectivity index (χ0) is 12.0. The molecule has 0 aliphatic carbocycles. The van der Waals surface area contributed by atoms with Gasteiger partial charge < -0.3 is 5.32 Å². The van der Waals surface area contributed by atoms with Crippen LogP contribution in [0.2, 0.25) is 0 Å². The number of nitrogens with one attached hydrogen (secondary N) is 1. The first-order valence-corrected chi connectivity index (χ1v) is 6.97. The minimum atomic E-state index is 0.478. The standard InChI is InChI=1S/C11H21BrN4/c1-4-5-16-11(14-8-15-16)7-13-10(6-12)9(2)3/h8-10,13H,4-7H2,1-3H3. The first-order valence-electron chi connectivity index (χ1n) is 5.85. The second-order valence-electron chi connectivity index (χ2n) is 4.29. The molecule has 0 radical (unpaired) electrons. The average molecular weight is 289 g/mol. The molecule has 1 rings (SSSR count). The summed E-state index contributed by atoms with van der Waals surface area (Å²) in [5.41, 5.74) is 0. The van der Waals surface area contributed by atoms with Crippen LogP contribution in [-0.2, 0) is 13.1 Å². The fourth-order valence-electron chi connectivity index (χ4n) is 1.51. The molecule has 1 N–H and O–H groups in total. The number of hydrogen-bond acceptors (Lipinski definition) is 3. The Morgan fingerprint density at radius 3 is 2.81 bits per heavy atom. The highest BCUT2D eigenvalue weighted by atomic mass is 79.9. The van der Waals surface area contributed by atoms with Gasteiger partial charge in [0, 0.05) is 17.9 Å². The summed E-state index contributed by atoms with van der Waals surface area (Å²) in [5.74, 6) is 1.63. The predicted molar refractivity (Wildman–Crippen MR) is 69.6 cm³/mol. The van der Waals surface area contributed by atoms with Crippen molar-refractivity contribution in [3.05, 3.63) is 12.2 Å². The third-order valence-corrected chi connectivity index (χ3v) is 3.32. The van der Waals surface area contributed by atoms with Crippen LogP contribution in [-0.4, -0.2) is 26.1 Å². The van der Waals surface area contributed by atoms with Gasteiger partial charge in [0.1, 0.15) is 12.2 Å². The third kappa shape index (κ3) is 3.87. The lowest BCUT2D eigenvalue weighted by molar-refractivity contribution is 0.419. The van der Waals surface area contributed by atoms with Gasteiger partial charge >= 0.3 is 0 Å². The van der Waals surface area contributed by atoms with Gasteiger partial charge in [-0.15, -0.1) is 0 Å². The Hall–Kier alpha value is -0.420. The minimum Gasteiger partial charge on any atom is -0.306 e. The van der Waals surface area contributed by atoms with Crippen LogP contribution in [0, 0.1) is 5.92 Å². The molecule has 0 aromatic carbocycles. The number of halogens is 1. The normalized spacial score (nSPS) is 13.3. The van der Waals surface area contributed by atoms with Crippen LogP contribution in [0.15, 0.2) is 6.33 Å². The second-order valence-corrected chi connectivity index (χ2v) is 4.93. The summed E-state index contributed by atoms with van der Waals surface area (Å²) in [4.78, 5) is 4.27. The number of alkyl halides is 1. The van der Waals surface area contributed by atoms with Gasteiger partial charge in [0.15, 0.2) is 0 Å². The predicted octanol–water partition coefficient (Wildman–Crippen LogP) is 2.20. The SMILES string of the molecule is CCCn1ncnc1CNC(CBr)C(C)C. The number of hydrogen-bond donors (Lipinski definition) is 1. The third-order valence-electron chi connectivity index (χ3n) is 2.62. The van der Waals surface area contributed by atoms with E-state index in [4.69, 9.17) is 0 Å². The smallest absolute Gasteiger partial charge is 0.140 e. The molecule has 1 atom stereocenters. The fourth-order valence-corrected chi connectivity index (χ4v) is 2.49. The van der Waals surface area contributed by atoms with E-state index in [-0.39, 0.29) is 0 Å². The highest BCUT2D eigenvalue weighted by molar-refractivity contribution is 9.09. The summed E-state index contributed by atoms with van der Waals surface area (Å²) in [6, 6.07) is 0.478. The maximum atomic E-state index is 4.27. The van der Waals surface area contributed by atoms with Crippen LogP contribution in [0.5, 0.6) is 0 Å². The van der Waals surface area contributed by atoms with Crippen molar-refractivity contribution >= 4 is 15.9 Å². The zero-order valence-electron chi connectivity index (χ0n) is 10.3. The maximum Gasteiger partial charge on any atom is 0.140 e. The molecule has 5 heteroatoms. The minimum absolute atomic E-state index is 0.478. The Bertz CT molecular complexity index is 298. The Kier molecular flexibility index (Phi) is 5.98. The van der Waals surface area contributed by atoms with Gasteiger partial charge in [0.05, 0.1) is 6.54 Å². The number of aromatic nitrogens is 3. The van der Waals surface area contributed by atoms with Gasteiger partial charge in [-0.2, -0.15) is 5.10 Å². The summed E-state index contributed by atoms with van der Waals surface area (Å²) in [5, 5.41) is 8.67. The number of rotatable bonds is 7. The van der Waals surface area contributed by atoms with E-state index in [0.717, 1.165) is 30.7 Å². The quantitative estimate of drug-likeness (QED) is 0.783. The van der Waals surface area contributed by atoms with Gasteiger partial charge in [0.25, 0.3) is 0 Å². The Morgan fingerprint density at radius 2 is 2.25 bits per heavy atom. The van der Waals surface area contributed by atoms with E-state index in [1.54, 1.807) is 6.33 Å². The van der Waals surface area contributed by atoms with E-state index in [0.29, 0.717) is 12.0 Å². The molecule has 0 spiro atoms. The first-order chi connectivity index (χ1) is 7.69. The molecule has 16 heavy (non-hydrogen) atoms. The van der Waals surface area contributed by atoms with Gasteiger partial charge in [-0.25, -0.2) is 9.67 Å². The van der Waals surface area contributed by atoms with Crippen LogP contribution in [0.1, 0.15) is 33.0 Å². The lowest BCUT2D eigenvalue weighted by Gasteiger charge is -2.19. The summed E-state index contributed by atoms with van der Waals surface area (Å²) < 4.78 is 1.97. The van der Waals surface area contributed by atoms with E-state index in [2.05, 4.69) is 52.1 Å². The van der Waals surface area contributed by atoms with Crippen molar-refractivity contribution in [1.29, 1.82) is 0 Å². The van der Waals surface area contributed by atoms with Crippen LogP contribution < -0.4 is 5.32 Å². The lowest BCUT2D eigenvalue weighted by Crippen LogP contribution is -2.35. The van der Waals surface area contributed by atoms with Gasteiger partial charge in [0.2, 0.25) is 0 Å². The lowest BCUT2D eigenvalue weighted by atomic mass is 10.1. The van der Waals surface area contributed by atoms with Crippen LogP contribution in [0.25, 0.3) is 0 Å². The molecule has 0 bridgehead atoms. The summed E-state index contributed by atoms with van der Waals surface area (Å²) in [6.07, 6.45) is 2.72. The topological polar surface area (TPSA) is 42.7 Å². The molecule has 1 aromatic rings. The van der Waals surface area contributed by atoms with Crippen LogP contribution in [0.4, 0.5) is 0 Å². The second kappa shape index (κ2) is 7.01. The van der Waals surface area contributed by atoms with Crippen molar-refractivity contribution in [1.82, 2.24) is 20.1 Å². The van der Waals surface area contributed by atoms with E-state index in [9.17, 15) is 0 Å². The zero-order valence-corrected chi connectivity index (χ0v) is 11.9. The monoisotopic (exact) mass is 288 g/mol. The van der Waals surface area contributed by atoms with Crippen molar-refractivity contribution in [3.8, 4) is 0 Å². The van der Waals surface area contributed by atoms with Crippen molar-refractivity contribution < 1.29 is 0 Å². The molecular weight excluding hydrogens is 268 g/mol.